The standard InChI is InChI=1S/C13H15N3O/c1-9-11(8-15)6-13(17)16(9)12-4-2-3-10(5-12)7-14/h2-5,9,11H,6,8,15H2,1H3. The minimum Gasteiger partial charge on any atom is -0.330 e. The summed E-state index contributed by atoms with van der Waals surface area (Å²) >= 11 is 0. The molecule has 2 rings (SSSR count). The third kappa shape index (κ3) is 2.02. The number of benzene rings is 1. The Morgan fingerprint density at radius 3 is 2.94 bits per heavy atom. The molecule has 1 amide bonds. The van der Waals surface area contributed by atoms with E-state index in [2.05, 4.69) is 6.07 Å². The van der Waals surface area contributed by atoms with Crippen LogP contribution in [-0.2, 0) is 4.79 Å². The highest BCUT2D eigenvalue weighted by molar-refractivity contribution is 5.96. The van der Waals surface area contributed by atoms with Crippen molar-refractivity contribution in [1.29, 1.82) is 5.26 Å². The van der Waals surface area contributed by atoms with Crippen molar-refractivity contribution in [2.24, 2.45) is 11.7 Å². The van der Waals surface area contributed by atoms with E-state index < -0.39 is 0 Å². The molecule has 1 heterocycles. The Morgan fingerprint density at radius 2 is 2.35 bits per heavy atom. The summed E-state index contributed by atoms with van der Waals surface area (Å²) in [5.41, 5.74) is 7.01. The number of anilines is 1. The van der Waals surface area contributed by atoms with Gasteiger partial charge < -0.3 is 10.6 Å². The normalized spacial score (nSPS) is 23.8. The SMILES string of the molecule is CC1C(CN)CC(=O)N1c1cccc(C#N)c1. The van der Waals surface area contributed by atoms with Gasteiger partial charge in [0, 0.05) is 24.1 Å². The second-order valence-corrected chi connectivity index (χ2v) is 4.37. The van der Waals surface area contributed by atoms with E-state index in [-0.39, 0.29) is 17.9 Å². The molecule has 0 spiro atoms. The lowest BCUT2D eigenvalue weighted by atomic mass is 10.0. The molecule has 17 heavy (non-hydrogen) atoms. The summed E-state index contributed by atoms with van der Waals surface area (Å²) < 4.78 is 0. The molecule has 2 unspecified atom stereocenters. The van der Waals surface area contributed by atoms with Crippen LogP contribution in [-0.4, -0.2) is 18.5 Å². The van der Waals surface area contributed by atoms with Crippen molar-refractivity contribution in [2.45, 2.75) is 19.4 Å². The van der Waals surface area contributed by atoms with Crippen LogP contribution in [0.2, 0.25) is 0 Å². The molecule has 4 nitrogen and oxygen atoms in total. The number of carbonyl (C=O) groups is 1. The van der Waals surface area contributed by atoms with Gasteiger partial charge in [-0.1, -0.05) is 6.07 Å². The van der Waals surface area contributed by atoms with Crippen molar-refractivity contribution in [3.8, 4) is 6.07 Å². The van der Waals surface area contributed by atoms with Crippen molar-refractivity contribution in [3.63, 3.8) is 0 Å². The Kier molecular flexibility index (Phi) is 3.12. The monoisotopic (exact) mass is 229 g/mol. The maximum atomic E-state index is 11.9. The predicted molar refractivity (Wildman–Crippen MR) is 65.3 cm³/mol. The highest BCUT2D eigenvalue weighted by Gasteiger charge is 2.36. The van der Waals surface area contributed by atoms with Gasteiger partial charge in [-0.15, -0.1) is 0 Å². The Labute approximate surface area is 101 Å². The summed E-state index contributed by atoms with van der Waals surface area (Å²) in [5.74, 6) is 0.288. The third-order valence-corrected chi connectivity index (χ3v) is 3.35. The zero-order valence-electron chi connectivity index (χ0n) is 9.76. The summed E-state index contributed by atoms with van der Waals surface area (Å²) in [6, 6.07) is 9.31. The number of nitrogens with two attached hydrogens (primary N) is 1. The molecule has 1 saturated heterocycles. The van der Waals surface area contributed by atoms with Crippen molar-refractivity contribution >= 4 is 11.6 Å². The van der Waals surface area contributed by atoms with Crippen LogP contribution >= 0.6 is 0 Å². The molecule has 1 aliphatic rings. The highest BCUT2D eigenvalue weighted by Crippen LogP contribution is 2.30. The number of nitriles is 1. The quantitative estimate of drug-likeness (QED) is 0.829. The van der Waals surface area contributed by atoms with E-state index in [0.29, 0.717) is 18.5 Å². The van der Waals surface area contributed by atoms with Crippen molar-refractivity contribution in [1.82, 2.24) is 0 Å². The second-order valence-electron chi connectivity index (χ2n) is 4.37. The molecule has 2 N–H and O–H groups in total. The van der Waals surface area contributed by atoms with E-state index in [9.17, 15) is 4.79 Å². The van der Waals surface area contributed by atoms with Crippen LogP contribution in [0.1, 0.15) is 18.9 Å². The number of carbonyl (C=O) groups excluding carboxylic acids is 1. The fourth-order valence-corrected chi connectivity index (χ4v) is 2.32. The third-order valence-electron chi connectivity index (χ3n) is 3.35. The fraction of sp³-hybridized carbons (Fsp3) is 0.385. The number of rotatable bonds is 2. The Bertz CT molecular complexity index is 478. The fourth-order valence-electron chi connectivity index (χ4n) is 2.32. The molecule has 1 fully saturated rings. The number of nitrogens with zero attached hydrogens (tertiary/aromatic N) is 2. The number of hydrogen-bond donors (Lipinski definition) is 1. The molecule has 0 bridgehead atoms. The van der Waals surface area contributed by atoms with Gasteiger partial charge in [0.1, 0.15) is 0 Å². The first kappa shape index (κ1) is 11.6. The van der Waals surface area contributed by atoms with Gasteiger partial charge in [0.15, 0.2) is 0 Å². The van der Waals surface area contributed by atoms with E-state index in [1.807, 2.05) is 13.0 Å². The molecular formula is C13H15N3O. The minimum atomic E-state index is 0.0861. The average Bonchev–Trinajstić information content (AvgIpc) is 2.64. The molecule has 0 aliphatic carbocycles. The predicted octanol–water partition coefficient (Wildman–Crippen LogP) is 1.26. The van der Waals surface area contributed by atoms with E-state index >= 15 is 0 Å². The van der Waals surface area contributed by atoms with Crippen LogP contribution in [0.5, 0.6) is 0 Å². The lowest BCUT2D eigenvalue weighted by Crippen LogP contribution is -2.34. The molecule has 1 aromatic rings. The second kappa shape index (κ2) is 4.56. The van der Waals surface area contributed by atoms with Crippen LogP contribution in [0.25, 0.3) is 0 Å². The van der Waals surface area contributed by atoms with Gasteiger partial charge in [-0.25, -0.2) is 0 Å². The molecule has 2 atom stereocenters. The summed E-state index contributed by atoms with van der Waals surface area (Å²) in [4.78, 5) is 13.7. The van der Waals surface area contributed by atoms with Gasteiger partial charge in [0.05, 0.1) is 11.6 Å². The number of hydrogen-bond acceptors (Lipinski definition) is 3. The summed E-state index contributed by atoms with van der Waals surface area (Å²) in [6.45, 7) is 2.52. The van der Waals surface area contributed by atoms with E-state index in [1.54, 1.807) is 23.1 Å². The Hall–Kier alpha value is -1.86. The van der Waals surface area contributed by atoms with Gasteiger partial charge >= 0.3 is 0 Å². The molecule has 4 heteroatoms. The molecule has 0 radical (unpaired) electrons. The van der Waals surface area contributed by atoms with Gasteiger partial charge in [-0.2, -0.15) is 5.26 Å². The van der Waals surface area contributed by atoms with Crippen LogP contribution < -0.4 is 10.6 Å². The Balaban J connectivity index is 2.33. The molecular weight excluding hydrogens is 214 g/mol. The largest absolute Gasteiger partial charge is 0.330 e. The first-order valence-corrected chi connectivity index (χ1v) is 5.69. The summed E-state index contributed by atoms with van der Waals surface area (Å²) in [6.07, 6.45) is 0.494. The van der Waals surface area contributed by atoms with Gasteiger partial charge in [0.2, 0.25) is 5.91 Å². The zero-order chi connectivity index (χ0) is 12.4. The average molecular weight is 229 g/mol. The summed E-state index contributed by atoms with van der Waals surface area (Å²) in [5, 5.41) is 8.86. The number of amides is 1. The van der Waals surface area contributed by atoms with Crippen molar-refractivity contribution in [3.05, 3.63) is 29.8 Å². The van der Waals surface area contributed by atoms with Crippen molar-refractivity contribution in [2.75, 3.05) is 11.4 Å². The van der Waals surface area contributed by atoms with Crippen molar-refractivity contribution < 1.29 is 4.79 Å². The van der Waals surface area contributed by atoms with Crippen LogP contribution in [0.15, 0.2) is 24.3 Å². The van der Waals surface area contributed by atoms with Gasteiger partial charge in [-0.05, 0) is 31.7 Å². The topological polar surface area (TPSA) is 70.1 Å². The van der Waals surface area contributed by atoms with E-state index in [0.717, 1.165) is 5.69 Å². The zero-order valence-corrected chi connectivity index (χ0v) is 9.76. The lowest BCUT2D eigenvalue weighted by Gasteiger charge is -2.24. The minimum absolute atomic E-state index is 0.0861. The van der Waals surface area contributed by atoms with Gasteiger partial charge in [-0.3, -0.25) is 4.79 Å². The molecule has 0 aromatic heterocycles. The van der Waals surface area contributed by atoms with Gasteiger partial charge in [0.25, 0.3) is 0 Å². The van der Waals surface area contributed by atoms with E-state index in [1.165, 1.54) is 0 Å². The molecule has 1 aliphatic heterocycles. The molecule has 0 saturated carbocycles. The van der Waals surface area contributed by atoms with Crippen LogP contribution in [0, 0.1) is 17.2 Å². The van der Waals surface area contributed by atoms with Crippen LogP contribution in [0.3, 0.4) is 0 Å². The Morgan fingerprint density at radius 1 is 1.59 bits per heavy atom. The summed E-state index contributed by atoms with van der Waals surface area (Å²) in [7, 11) is 0. The molecule has 1 aromatic carbocycles. The van der Waals surface area contributed by atoms with E-state index in [4.69, 9.17) is 11.0 Å². The smallest absolute Gasteiger partial charge is 0.227 e. The highest BCUT2D eigenvalue weighted by atomic mass is 16.2. The van der Waals surface area contributed by atoms with Crippen LogP contribution in [0.4, 0.5) is 5.69 Å². The lowest BCUT2D eigenvalue weighted by molar-refractivity contribution is -0.117. The maximum absolute atomic E-state index is 11.9. The first-order valence-electron chi connectivity index (χ1n) is 5.69. The maximum Gasteiger partial charge on any atom is 0.227 e. The molecule has 88 valence electrons. The first-order chi connectivity index (χ1) is 8.17.